The molecule has 0 aliphatic carbocycles. The zero-order valence-corrected chi connectivity index (χ0v) is 11.2. The molecule has 0 radical (unpaired) electrons. The SMILES string of the molecule is CCCC(C)(CO)CN(CC)C(C)CC. The van der Waals surface area contributed by atoms with Gasteiger partial charge in [0.1, 0.15) is 0 Å². The second-order valence-electron chi connectivity index (χ2n) is 5.04. The van der Waals surface area contributed by atoms with E-state index in [1.54, 1.807) is 0 Å². The Bertz CT molecular complexity index is 161. The Labute approximate surface area is 95.7 Å². The molecule has 0 bridgehead atoms. The maximum atomic E-state index is 9.49. The van der Waals surface area contributed by atoms with Crippen molar-refractivity contribution in [3.05, 3.63) is 0 Å². The Kier molecular flexibility index (Phi) is 7.20. The topological polar surface area (TPSA) is 23.5 Å². The largest absolute Gasteiger partial charge is 0.396 e. The molecule has 0 aliphatic heterocycles. The van der Waals surface area contributed by atoms with Crippen molar-refractivity contribution < 1.29 is 5.11 Å². The molecule has 0 saturated carbocycles. The van der Waals surface area contributed by atoms with Crippen molar-refractivity contribution in [2.75, 3.05) is 19.7 Å². The number of aliphatic hydroxyl groups is 1. The third kappa shape index (κ3) is 4.98. The van der Waals surface area contributed by atoms with Gasteiger partial charge in [0, 0.05) is 24.6 Å². The molecule has 0 amide bonds. The average Bonchev–Trinajstić information content (AvgIpc) is 2.25. The fraction of sp³-hybridized carbons (Fsp3) is 1.00. The quantitative estimate of drug-likeness (QED) is 0.673. The first-order chi connectivity index (χ1) is 7.02. The molecule has 0 saturated heterocycles. The first kappa shape index (κ1) is 14.9. The lowest BCUT2D eigenvalue weighted by atomic mass is 9.85. The monoisotopic (exact) mass is 215 g/mol. The third-order valence-corrected chi connectivity index (χ3v) is 3.44. The molecule has 92 valence electrons. The van der Waals surface area contributed by atoms with Crippen LogP contribution in [-0.4, -0.2) is 35.7 Å². The van der Waals surface area contributed by atoms with Gasteiger partial charge in [-0.1, -0.05) is 34.1 Å². The Morgan fingerprint density at radius 1 is 1.27 bits per heavy atom. The molecule has 0 spiro atoms. The summed E-state index contributed by atoms with van der Waals surface area (Å²) in [4.78, 5) is 2.48. The van der Waals surface area contributed by atoms with Gasteiger partial charge in [-0.05, 0) is 26.3 Å². The van der Waals surface area contributed by atoms with Gasteiger partial charge in [0.15, 0.2) is 0 Å². The maximum Gasteiger partial charge on any atom is 0.0497 e. The number of hydrogen-bond acceptors (Lipinski definition) is 2. The van der Waals surface area contributed by atoms with Gasteiger partial charge in [0.25, 0.3) is 0 Å². The van der Waals surface area contributed by atoms with E-state index >= 15 is 0 Å². The molecular formula is C13H29NO. The summed E-state index contributed by atoms with van der Waals surface area (Å²) in [6.07, 6.45) is 3.44. The van der Waals surface area contributed by atoms with E-state index in [-0.39, 0.29) is 5.41 Å². The van der Waals surface area contributed by atoms with Gasteiger partial charge in [-0.2, -0.15) is 0 Å². The summed E-state index contributed by atoms with van der Waals surface area (Å²) in [7, 11) is 0. The molecule has 0 aromatic heterocycles. The minimum Gasteiger partial charge on any atom is -0.396 e. The minimum atomic E-state index is 0.0776. The lowest BCUT2D eigenvalue weighted by Gasteiger charge is -2.36. The molecule has 0 aromatic carbocycles. The van der Waals surface area contributed by atoms with Crippen LogP contribution in [0.15, 0.2) is 0 Å². The van der Waals surface area contributed by atoms with Gasteiger partial charge in [0.2, 0.25) is 0 Å². The van der Waals surface area contributed by atoms with E-state index in [4.69, 9.17) is 0 Å². The van der Waals surface area contributed by atoms with Crippen LogP contribution in [0.4, 0.5) is 0 Å². The second kappa shape index (κ2) is 7.24. The smallest absolute Gasteiger partial charge is 0.0497 e. The summed E-state index contributed by atoms with van der Waals surface area (Å²) in [6.45, 7) is 13.5. The van der Waals surface area contributed by atoms with E-state index in [1.165, 1.54) is 6.42 Å². The fourth-order valence-corrected chi connectivity index (χ4v) is 2.14. The molecule has 1 N–H and O–H groups in total. The van der Waals surface area contributed by atoms with Crippen molar-refractivity contribution in [3.8, 4) is 0 Å². The van der Waals surface area contributed by atoms with E-state index < -0.39 is 0 Å². The number of hydrogen-bond donors (Lipinski definition) is 1. The summed E-state index contributed by atoms with van der Waals surface area (Å²) in [6, 6.07) is 0.623. The summed E-state index contributed by atoms with van der Waals surface area (Å²) in [5.41, 5.74) is 0.0776. The highest BCUT2D eigenvalue weighted by Crippen LogP contribution is 2.25. The van der Waals surface area contributed by atoms with Crippen molar-refractivity contribution in [2.24, 2.45) is 5.41 Å². The molecule has 2 heteroatoms. The number of rotatable bonds is 8. The Morgan fingerprint density at radius 3 is 2.20 bits per heavy atom. The van der Waals surface area contributed by atoms with Crippen LogP contribution in [0.25, 0.3) is 0 Å². The molecule has 0 fully saturated rings. The van der Waals surface area contributed by atoms with E-state index in [9.17, 15) is 5.11 Å². The molecule has 0 heterocycles. The summed E-state index contributed by atoms with van der Waals surface area (Å²) < 4.78 is 0. The third-order valence-electron chi connectivity index (χ3n) is 3.44. The summed E-state index contributed by atoms with van der Waals surface area (Å²) >= 11 is 0. The normalized spacial score (nSPS) is 17.8. The number of aliphatic hydroxyl groups excluding tert-OH is 1. The second-order valence-corrected chi connectivity index (χ2v) is 5.04. The average molecular weight is 215 g/mol. The van der Waals surface area contributed by atoms with Crippen molar-refractivity contribution in [1.29, 1.82) is 0 Å². The zero-order chi connectivity index (χ0) is 11.9. The lowest BCUT2D eigenvalue weighted by Crippen LogP contribution is -2.42. The van der Waals surface area contributed by atoms with Crippen molar-refractivity contribution in [3.63, 3.8) is 0 Å². The van der Waals surface area contributed by atoms with Gasteiger partial charge in [-0.25, -0.2) is 0 Å². The molecule has 0 rings (SSSR count). The molecule has 2 unspecified atom stereocenters. The van der Waals surface area contributed by atoms with Gasteiger partial charge >= 0.3 is 0 Å². The Morgan fingerprint density at radius 2 is 1.87 bits per heavy atom. The van der Waals surface area contributed by atoms with Crippen molar-refractivity contribution >= 4 is 0 Å². The highest BCUT2D eigenvalue weighted by molar-refractivity contribution is 4.79. The van der Waals surface area contributed by atoms with E-state index in [0.717, 1.165) is 25.9 Å². The van der Waals surface area contributed by atoms with Gasteiger partial charge in [-0.15, -0.1) is 0 Å². The van der Waals surface area contributed by atoms with Crippen LogP contribution < -0.4 is 0 Å². The van der Waals surface area contributed by atoms with Gasteiger partial charge < -0.3 is 10.0 Å². The molecular weight excluding hydrogens is 186 g/mol. The Balaban J connectivity index is 4.35. The lowest BCUT2D eigenvalue weighted by molar-refractivity contribution is 0.0645. The predicted molar refractivity (Wildman–Crippen MR) is 67.1 cm³/mol. The van der Waals surface area contributed by atoms with E-state index in [0.29, 0.717) is 12.6 Å². The highest BCUT2D eigenvalue weighted by atomic mass is 16.3. The number of nitrogens with zero attached hydrogens (tertiary/aromatic N) is 1. The van der Waals surface area contributed by atoms with Crippen LogP contribution in [0.2, 0.25) is 0 Å². The van der Waals surface area contributed by atoms with Crippen LogP contribution in [0.1, 0.15) is 53.9 Å². The molecule has 2 nitrogen and oxygen atoms in total. The maximum absolute atomic E-state index is 9.49. The predicted octanol–water partition coefficient (Wildman–Crippen LogP) is 2.91. The summed E-state index contributed by atoms with van der Waals surface area (Å²) in [5.74, 6) is 0. The van der Waals surface area contributed by atoms with Crippen molar-refractivity contribution in [2.45, 2.75) is 59.9 Å². The fourth-order valence-electron chi connectivity index (χ4n) is 2.14. The van der Waals surface area contributed by atoms with Crippen molar-refractivity contribution in [1.82, 2.24) is 4.90 Å². The van der Waals surface area contributed by atoms with E-state index in [1.807, 2.05) is 0 Å². The van der Waals surface area contributed by atoms with Gasteiger partial charge in [0.05, 0.1) is 0 Å². The van der Waals surface area contributed by atoms with Crippen LogP contribution in [0.3, 0.4) is 0 Å². The first-order valence-corrected chi connectivity index (χ1v) is 6.37. The minimum absolute atomic E-state index is 0.0776. The highest BCUT2D eigenvalue weighted by Gasteiger charge is 2.26. The van der Waals surface area contributed by atoms with Crippen LogP contribution in [-0.2, 0) is 0 Å². The molecule has 15 heavy (non-hydrogen) atoms. The summed E-state index contributed by atoms with van der Waals surface area (Å²) in [5, 5.41) is 9.49. The molecule has 0 aromatic rings. The first-order valence-electron chi connectivity index (χ1n) is 6.37. The van der Waals surface area contributed by atoms with Crippen LogP contribution >= 0.6 is 0 Å². The Hall–Kier alpha value is -0.0800. The molecule has 0 aliphatic rings. The van der Waals surface area contributed by atoms with Crippen LogP contribution in [0, 0.1) is 5.41 Å². The van der Waals surface area contributed by atoms with E-state index in [2.05, 4.69) is 39.5 Å². The molecule has 2 atom stereocenters. The van der Waals surface area contributed by atoms with Crippen LogP contribution in [0.5, 0.6) is 0 Å². The van der Waals surface area contributed by atoms with Gasteiger partial charge in [-0.3, -0.25) is 0 Å². The zero-order valence-electron chi connectivity index (χ0n) is 11.2. The standard InChI is InChI=1S/C13H29NO/c1-6-9-13(5,11-15)10-14(8-3)12(4)7-2/h12,15H,6-11H2,1-5H3.